The van der Waals surface area contributed by atoms with Crippen LogP contribution >= 0.6 is 15.9 Å². The van der Waals surface area contributed by atoms with Crippen molar-refractivity contribution in [2.24, 2.45) is 5.92 Å². The third-order valence-corrected chi connectivity index (χ3v) is 5.74. The lowest BCUT2D eigenvalue weighted by Crippen LogP contribution is -2.40. The topological polar surface area (TPSA) is 87.6 Å². The number of rotatable bonds is 7. The molecule has 8 nitrogen and oxygen atoms in total. The molecule has 0 amide bonds. The zero-order valence-corrected chi connectivity index (χ0v) is 19.3. The minimum Gasteiger partial charge on any atom is -0.396 e. The molecule has 162 valence electrons. The third-order valence-electron chi connectivity index (χ3n) is 5.18. The van der Waals surface area contributed by atoms with E-state index in [1.54, 1.807) is 22.6 Å². The fraction of sp³-hybridized carbons (Fsp3) is 0.476. The number of hydrogen-bond donors (Lipinski definition) is 3. The van der Waals surface area contributed by atoms with Crippen LogP contribution in [0.2, 0.25) is 0 Å². The van der Waals surface area contributed by atoms with E-state index in [0.29, 0.717) is 6.54 Å². The van der Waals surface area contributed by atoms with Crippen molar-refractivity contribution in [2.45, 2.75) is 45.7 Å². The van der Waals surface area contributed by atoms with Crippen molar-refractivity contribution in [1.82, 2.24) is 14.6 Å². The molecule has 0 radical (unpaired) electrons. The Morgan fingerprint density at radius 3 is 2.97 bits per heavy atom. The van der Waals surface area contributed by atoms with Crippen molar-refractivity contribution in [3.8, 4) is 0 Å². The van der Waals surface area contributed by atoms with Gasteiger partial charge in [-0.25, -0.2) is 4.98 Å². The molecule has 30 heavy (non-hydrogen) atoms. The maximum absolute atomic E-state index is 9.60. The molecule has 3 N–H and O–H groups in total. The van der Waals surface area contributed by atoms with E-state index in [1.807, 2.05) is 44.4 Å². The van der Waals surface area contributed by atoms with E-state index in [1.165, 1.54) is 0 Å². The number of hydrogen-bond acceptors (Lipinski definition) is 6. The molecule has 3 aromatic heterocycles. The first-order valence-corrected chi connectivity index (χ1v) is 11.2. The number of anilines is 2. The number of aromatic nitrogens is 4. The van der Waals surface area contributed by atoms with E-state index in [-0.39, 0.29) is 18.6 Å². The molecular weight excluding hydrogens is 448 g/mol. The number of nitrogens with zero attached hydrogens (tertiary/aromatic N) is 4. The van der Waals surface area contributed by atoms with Crippen LogP contribution in [0.5, 0.6) is 0 Å². The molecule has 1 aliphatic carbocycles. The molecule has 2 unspecified atom stereocenters. The fourth-order valence-corrected chi connectivity index (χ4v) is 4.03. The van der Waals surface area contributed by atoms with Gasteiger partial charge in [0.05, 0.1) is 10.7 Å². The molecule has 0 saturated heterocycles. The van der Waals surface area contributed by atoms with Crippen molar-refractivity contribution >= 4 is 33.2 Å². The zero-order valence-electron chi connectivity index (χ0n) is 17.7. The quantitative estimate of drug-likeness (QED) is 0.453. The summed E-state index contributed by atoms with van der Waals surface area (Å²) in [7, 11) is 1.63. The number of aliphatic hydroxyl groups is 1. The van der Waals surface area contributed by atoms with Crippen molar-refractivity contribution < 1.29 is 14.7 Å². The highest BCUT2D eigenvalue weighted by Crippen LogP contribution is 2.29. The molecule has 1 aliphatic rings. The lowest BCUT2D eigenvalue weighted by atomic mass is 10.1. The van der Waals surface area contributed by atoms with E-state index < -0.39 is 0 Å². The minimum atomic E-state index is 0.203. The molecule has 9 heteroatoms. The van der Waals surface area contributed by atoms with E-state index >= 15 is 0 Å². The average Bonchev–Trinajstić information content (AvgIpc) is 3.40. The summed E-state index contributed by atoms with van der Waals surface area (Å²) in [5.41, 5.74) is 1.82. The van der Waals surface area contributed by atoms with Crippen LogP contribution in [0.15, 0.2) is 41.3 Å². The molecule has 4 rings (SSSR count). The van der Waals surface area contributed by atoms with Gasteiger partial charge in [0.15, 0.2) is 5.65 Å². The first-order chi connectivity index (χ1) is 14.7. The second-order valence-electron chi connectivity index (χ2n) is 6.99. The van der Waals surface area contributed by atoms with E-state index in [0.717, 1.165) is 46.6 Å². The van der Waals surface area contributed by atoms with Crippen LogP contribution in [0.25, 0.3) is 5.65 Å². The fourth-order valence-electron chi connectivity index (χ4n) is 3.68. The summed E-state index contributed by atoms with van der Waals surface area (Å²) in [6, 6.07) is 6.18. The van der Waals surface area contributed by atoms with Crippen LogP contribution in [0, 0.1) is 5.92 Å². The van der Waals surface area contributed by atoms with Gasteiger partial charge >= 0.3 is 0 Å². The summed E-state index contributed by atoms with van der Waals surface area (Å²) in [6.07, 6.45) is 8.73. The predicted octanol–water partition coefficient (Wildman–Crippen LogP) is 3.05. The van der Waals surface area contributed by atoms with Crippen LogP contribution < -0.4 is 20.2 Å². The predicted molar refractivity (Wildman–Crippen MR) is 120 cm³/mol. The Labute approximate surface area is 185 Å². The van der Waals surface area contributed by atoms with Gasteiger partial charge in [0.2, 0.25) is 12.4 Å². The van der Waals surface area contributed by atoms with Gasteiger partial charge in [0.1, 0.15) is 18.7 Å². The summed E-state index contributed by atoms with van der Waals surface area (Å²) in [5.74, 6) is 1.89. The van der Waals surface area contributed by atoms with Gasteiger partial charge in [-0.1, -0.05) is 20.3 Å². The molecule has 3 heterocycles. The average molecular weight is 478 g/mol. The van der Waals surface area contributed by atoms with Gasteiger partial charge in [0, 0.05) is 47.5 Å². The van der Waals surface area contributed by atoms with Crippen LogP contribution in [-0.4, -0.2) is 39.5 Å². The Balaban J connectivity index is 0.00000124. The second kappa shape index (κ2) is 10.6. The lowest BCUT2D eigenvalue weighted by Gasteiger charge is -2.20. The first-order valence-electron chi connectivity index (χ1n) is 10.4. The van der Waals surface area contributed by atoms with Crippen LogP contribution in [-0.2, 0) is 6.54 Å². The van der Waals surface area contributed by atoms with Gasteiger partial charge in [-0.3, -0.25) is 4.84 Å². The standard InChI is InChI=1S/C19H24BrN6O2.C2H6/c1-28-25-7-3-4-13(11-25)9-21-18-8-17(23-16-6-2-5-14(16)12-27)24-19-15(20)10-22-26(18)19;1-2/h3-4,7-8,10-11,14,16,21,27H,2,5-6,9,12H2,1H3,(H,23,24);1-2H3/q+1;. The monoisotopic (exact) mass is 477 g/mol. The molecule has 0 aliphatic heterocycles. The summed E-state index contributed by atoms with van der Waals surface area (Å²) in [5, 5.41) is 21.0. The van der Waals surface area contributed by atoms with Crippen molar-refractivity contribution in [3.05, 3.63) is 46.8 Å². The SMILES string of the molecule is CC.CO[n+]1cccc(CNc2cc(NC3CCCC3CO)nc3c(Br)cnn23)c1. The highest BCUT2D eigenvalue weighted by Gasteiger charge is 2.27. The summed E-state index contributed by atoms with van der Waals surface area (Å²) in [4.78, 5) is 9.93. The largest absolute Gasteiger partial charge is 0.396 e. The Morgan fingerprint density at radius 1 is 1.37 bits per heavy atom. The molecule has 0 aromatic carbocycles. The first kappa shape index (κ1) is 22.3. The normalized spacial score (nSPS) is 18.0. The summed E-state index contributed by atoms with van der Waals surface area (Å²) < 4.78 is 4.27. The summed E-state index contributed by atoms with van der Waals surface area (Å²) >= 11 is 3.53. The molecule has 1 saturated carbocycles. The third kappa shape index (κ3) is 5.02. The number of fused-ring (bicyclic) bond motifs is 1. The molecule has 1 fully saturated rings. The Bertz CT molecular complexity index is 964. The Hall–Kier alpha value is -2.39. The number of pyridine rings is 1. The zero-order chi connectivity index (χ0) is 21.5. The van der Waals surface area contributed by atoms with E-state index in [4.69, 9.17) is 9.82 Å². The molecule has 0 spiro atoms. The molecule has 3 aromatic rings. The lowest BCUT2D eigenvalue weighted by molar-refractivity contribution is -0.885. The smallest absolute Gasteiger partial charge is 0.227 e. The molecular formula is C21H30BrN6O2+. The number of aliphatic hydroxyl groups excluding tert-OH is 1. The van der Waals surface area contributed by atoms with Gasteiger partial charge in [-0.2, -0.15) is 9.61 Å². The van der Waals surface area contributed by atoms with Crippen molar-refractivity contribution in [2.75, 3.05) is 24.4 Å². The van der Waals surface area contributed by atoms with Crippen LogP contribution in [0.3, 0.4) is 0 Å². The minimum absolute atomic E-state index is 0.203. The molecule has 0 bridgehead atoms. The number of halogens is 1. The Morgan fingerprint density at radius 2 is 2.20 bits per heavy atom. The van der Waals surface area contributed by atoms with Gasteiger partial charge in [-0.15, -0.1) is 0 Å². The second-order valence-corrected chi connectivity index (χ2v) is 7.84. The van der Waals surface area contributed by atoms with Crippen LogP contribution in [0.1, 0.15) is 38.7 Å². The maximum atomic E-state index is 9.60. The highest BCUT2D eigenvalue weighted by molar-refractivity contribution is 9.10. The molecule has 2 atom stereocenters. The highest BCUT2D eigenvalue weighted by atomic mass is 79.9. The van der Waals surface area contributed by atoms with Gasteiger partial charge in [-0.05, 0) is 34.8 Å². The van der Waals surface area contributed by atoms with Gasteiger partial charge < -0.3 is 15.7 Å². The van der Waals surface area contributed by atoms with Gasteiger partial charge in [0.25, 0.3) is 0 Å². The maximum Gasteiger partial charge on any atom is 0.227 e. The number of nitrogens with one attached hydrogen (secondary N) is 2. The van der Waals surface area contributed by atoms with E-state index in [2.05, 4.69) is 31.7 Å². The van der Waals surface area contributed by atoms with Crippen LogP contribution in [0.4, 0.5) is 11.6 Å². The van der Waals surface area contributed by atoms with E-state index in [9.17, 15) is 5.11 Å². The Kier molecular flexibility index (Phi) is 7.87. The van der Waals surface area contributed by atoms with Crippen molar-refractivity contribution in [1.29, 1.82) is 0 Å². The summed E-state index contributed by atoms with van der Waals surface area (Å²) in [6.45, 7) is 4.82. The van der Waals surface area contributed by atoms with Crippen molar-refractivity contribution in [3.63, 3.8) is 0 Å².